The van der Waals surface area contributed by atoms with Crippen molar-refractivity contribution in [2.75, 3.05) is 20.8 Å². The summed E-state index contributed by atoms with van der Waals surface area (Å²) < 4.78 is 6.32. The summed E-state index contributed by atoms with van der Waals surface area (Å²) in [4.78, 5) is 74.2. The monoisotopic (exact) mass is 625 g/mol. The van der Waals surface area contributed by atoms with Crippen molar-refractivity contribution in [3.8, 4) is 0 Å². The minimum atomic E-state index is -1.02. The molecule has 5 atom stereocenters. The fraction of sp³-hybridized carbons (Fsp3) is 0.606. The Morgan fingerprint density at radius 3 is 2.42 bits per heavy atom. The van der Waals surface area contributed by atoms with E-state index in [1.807, 2.05) is 38.1 Å². The summed E-state index contributed by atoms with van der Waals surface area (Å²) in [7, 11) is 2.90. The maximum Gasteiger partial charge on any atom is 0.305 e. The van der Waals surface area contributed by atoms with Gasteiger partial charge in [0, 0.05) is 31.0 Å². The van der Waals surface area contributed by atoms with Crippen LogP contribution in [0.25, 0.3) is 10.9 Å². The predicted molar refractivity (Wildman–Crippen MR) is 168 cm³/mol. The molecule has 2 aliphatic rings. The zero-order chi connectivity index (χ0) is 32.5. The molecular formula is C33H47N5O7. The SMILES string of the molecule is CCC(C)[C@H]1NC(=O)[C@@H](Cc2cn(OC)c3ccccc23)NC(=O)[C@@H](CCCCCC(=O)OC)NC(=O)[C@H]2CCCCN2C1=O. The molecule has 2 aromatic rings. The first kappa shape index (κ1) is 33.8. The van der Waals surface area contributed by atoms with Gasteiger partial charge in [-0.15, -0.1) is 0 Å². The molecular weight excluding hydrogens is 578 g/mol. The second kappa shape index (κ2) is 15.8. The lowest BCUT2D eigenvalue weighted by atomic mass is 9.93. The van der Waals surface area contributed by atoms with Gasteiger partial charge in [0.1, 0.15) is 31.3 Å². The van der Waals surface area contributed by atoms with Crippen LogP contribution in [-0.2, 0) is 35.1 Å². The Kier molecular flexibility index (Phi) is 11.8. The summed E-state index contributed by atoms with van der Waals surface area (Å²) in [6.07, 6.45) is 6.98. The van der Waals surface area contributed by atoms with Crippen LogP contribution in [0.1, 0.15) is 77.2 Å². The van der Waals surface area contributed by atoms with Crippen LogP contribution in [0.4, 0.5) is 0 Å². The van der Waals surface area contributed by atoms with Crippen LogP contribution >= 0.6 is 0 Å². The number of unbranched alkanes of at least 4 members (excludes halogenated alkanes) is 2. The number of nitrogens with one attached hydrogen (secondary N) is 3. The van der Waals surface area contributed by atoms with Gasteiger partial charge in [-0.2, -0.15) is 4.73 Å². The van der Waals surface area contributed by atoms with Crippen molar-refractivity contribution in [1.29, 1.82) is 0 Å². The standard InChI is InChI=1S/C33H47N5O7/c1-5-21(2)29-33(43)37-18-12-11-16-27(37)32(42)34-24(14-7-6-8-17-28(39)44-3)30(40)35-25(31(41)36-29)19-22-20-38(45-4)26-15-10-9-13-23(22)26/h9-10,13,15,20-21,24-25,27,29H,5-8,11-12,14,16-19H2,1-4H3,(H,34,42)(H,35,40)(H,36,41)/t21?,24-,25-,27-,29-/m1/s1. The maximum absolute atomic E-state index is 14.0. The van der Waals surface area contributed by atoms with Crippen LogP contribution in [0, 0.1) is 5.92 Å². The van der Waals surface area contributed by atoms with E-state index in [1.54, 1.807) is 22.9 Å². The summed E-state index contributed by atoms with van der Waals surface area (Å²) in [5.74, 6) is -2.08. The quantitative estimate of drug-likeness (QED) is 0.256. The lowest BCUT2D eigenvalue weighted by Crippen LogP contribution is -2.64. The van der Waals surface area contributed by atoms with Gasteiger partial charge in [0.2, 0.25) is 23.6 Å². The first-order valence-corrected chi connectivity index (χ1v) is 16.1. The van der Waals surface area contributed by atoms with Gasteiger partial charge < -0.3 is 30.4 Å². The molecule has 12 nitrogen and oxygen atoms in total. The molecule has 2 saturated heterocycles. The second-order valence-corrected chi connectivity index (χ2v) is 12.1. The molecule has 246 valence electrons. The smallest absolute Gasteiger partial charge is 0.305 e. The number of fused-ring (bicyclic) bond motifs is 2. The number of esters is 1. The Hall–Kier alpha value is -4.09. The highest BCUT2D eigenvalue weighted by Gasteiger charge is 2.40. The zero-order valence-corrected chi connectivity index (χ0v) is 26.8. The van der Waals surface area contributed by atoms with Crippen molar-refractivity contribution in [1.82, 2.24) is 25.6 Å². The topological polar surface area (TPSA) is 148 Å². The minimum Gasteiger partial charge on any atom is -0.469 e. The van der Waals surface area contributed by atoms with Crippen molar-refractivity contribution in [3.63, 3.8) is 0 Å². The van der Waals surface area contributed by atoms with E-state index in [-0.39, 0.29) is 36.5 Å². The first-order valence-electron chi connectivity index (χ1n) is 16.1. The van der Waals surface area contributed by atoms with E-state index in [2.05, 4.69) is 16.0 Å². The second-order valence-electron chi connectivity index (χ2n) is 12.1. The molecule has 0 spiro atoms. The Morgan fingerprint density at radius 2 is 1.69 bits per heavy atom. The third-order valence-corrected chi connectivity index (χ3v) is 9.11. The van der Waals surface area contributed by atoms with Crippen molar-refractivity contribution in [3.05, 3.63) is 36.0 Å². The van der Waals surface area contributed by atoms with Gasteiger partial charge in [-0.3, -0.25) is 24.0 Å². The van der Waals surface area contributed by atoms with E-state index in [4.69, 9.17) is 9.57 Å². The van der Waals surface area contributed by atoms with Crippen molar-refractivity contribution >= 4 is 40.5 Å². The molecule has 0 bridgehead atoms. The summed E-state index contributed by atoms with van der Waals surface area (Å²) in [5, 5.41) is 9.68. The number of benzene rings is 1. The third kappa shape index (κ3) is 8.15. The van der Waals surface area contributed by atoms with Gasteiger partial charge >= 0.3 is 5.97 Å². The molecule has 1 aromatic carbocycles. The molecule has 3 heterocycles. The molecule has 1 aromatic heterocycles. The Morgan fingerprint density at radius 1 is 0.956 bits per heavy atom. The third-order valence-electron chi connectivity index (χ3n) is 9.11. The number of carbonyl (C=O) groups excluding carboxylic acids is 5. The number of amides is 4. The van der Waals surface area contributed by atoms with Crippen LogP contribution in [0.5, 0.6) is 0 Å². The summed E-state index contributed by atoms with van der Waals surface area (Å²) in [5.41, 5.74) is 1.60. The molecule has 3 N–H and O–H groups in total. The molecule has 12 heteroatoms. The van der Waals surface area contributed by atoms with Crippen LogP contribution < -0.4 is 20.8 Å². The van der Waals surface area contributed by atoms with Crippen LogP contribution in [-0.4, -0.2) is 84.2 Å². The number of nitrogens with zero attached hydrogens (tertiary/aromatic N) is 2. The molecule has 2 aliphatic heterocycles. The average molecular weight is 626 g/mol. The molecule has 45 heavy (non-hydrogen) atoms. The van der Waals surface area contributed by atoms with E-state index in [0.29, 0.717) is 45.1 Å². The summed E-state index contributed by atoms with van der Waals surface area (Å²) in [6, 6.07) is 4.10. The first-order chi connectivity index (χ1) is 21.7. The summed E-state index contributed by atoms with van der Waals surface area (Å²) in [6.45, 7) is 4.27. The van der Waals surface area contributed by atoms with Crippen LogP contribution in [0.2, 0.25) is 0 Å². The van der Waals surface area contributed by atoms with Crippen LogP contribution in [0.3, 0.4) is 0 Å². The van der Waals surface area contributed by atoms with E-state index < -0.39 is 36.0 Å². The molecule has 0 aliphatic carbocycles. The largest absolute Gasteiger partial charge is 0.469 e. The number of rotatable bonds is 11. The number of aromatic nitrogens is 1. The normalized spacial score (nSPS) is 23.6. The highest BCUT2D eigenvalue weighted by molar-refractivity contribution is 5.98. The Balaban J connectivity index is 1.66. The van der Waals surface area contributed by atoms with Gasteiger partial charge in [0.15, 0.2) is 0 Å². The van der Waals surface area contributed by atoms with Gasteiger partial charge in [-0.1, -0.05) is 51.3 Å². The molecule has 2 fully saturated rings. The highest BCUT2D eigenvalue weighted by Crippen LogP contribution is 2.24. The molecule has 0 saturated carbocycles. The highest BCUT2D eigenvalue weighted by atomic mass is 16.6. The van der Waals surface area contributed by atoms with Crippen molar-refractivity contribution in [2.24, 2.45) is 5.92 Å². The van der Waals surface area contributed by atoms with E-state index in [9.17, 15) is 24.0 Å². The van der Waals surface area contributed by atoms with Crippen molar-refractivity contribution in [2.45, 2.75) is 102 Å². The fourth-order valence-corrected chi connectivity index (χ4v) is 6.25. The Labute approximate surface area is 264 Å². The number of piperidine rings is 1. The van der Waals surface area contributed by atoms with Crippen molar-refractivity contribution < 1.29 is 33.5 Å². The van der Waals surface area contributed by atoms with E-state index in [0.717, 1.165) is 29.3 Å². The molecule has 4 rings (SSSR count). The fourth-order valence-electron chi connectivity index (χ4n) is 6.25. The average Bonchev–Trinajstić information content (AvgIpc) is 3.41. The number of para-hydroxylation sites is 1. The number of hydrogen-bond donors (Lipinski definition) is 3. The van der Waals surface area contributed by atoms with Gasteiger partial charge in [-0.05, 0) is 49.7 Å². The number of methoxy groups -OCH3 is 1. The molecule has 4 amide bonds. The molecule has 0 radical (unpaired) electrons. The minimum absolute atomic E-state index is 0.141. The van der Waals surface area contributed by atoms with Gasteiger partial charge in [-0.25, -0.2) is 0 Å². The van der Waals surface area contributed by atoms with E-state index in [1.165, 1.54) is 7.11 Å². The number of carbonyl (C=O) groups is 5. The van der Waals surface area contributed by atoms with Gasteiger partial charge in [0.25, 0.3) is 0 Å². The van der Waals surface area contributed by atoms with Gasteiger partial charge in [0.05, 0.1) is 12.6 Å². The lowest BCUT2D eigenvalue weighted by molar-refractivity contribution is -0.147. The zero-order valence-electron chi connectivity index (χ0n) is 26.8. The molecule has 1 unspecified atom stereocenters. The van der Waals surface area contributed by atoms with E-state index >= 15 is 0 Å². The van der Waals surface area contributed by atoms with Crippen LogP contribution in [0.15, 0.2) is 30.5 Å². The number of ether oxygens (including phenoxy) is 1. The number of hydrogen-bond acceptors (Lipinski definition) is 7. The predicted octanol–water partition coefficient (Wildman–Crippen LogP) is 2.26. The summed E-state index contributed by atoms with van der Waals surface area (Å²) >= 11 is 0. The maximum atomic E-state index is 14.0. The lowest BCUT2D eigenvalue weighted by Gasteiger charge is -2.39. The Bertz CT molecular complexity index is 1370.